The summed E-state index contributed by atoms with van der Waals surface area (Å²) in [4.78, 5) is 0. The van der Waals surface area contributed by atoms with Crippen LogP contribution in [0.3, 0.4) is 0 Å². The van der Waals surface area contributed by atoms with Crippen LogP contribution >= 0.6 is 0 Å². The molecule has 47 valence electrons. The summed E-state index contributed by atoms with van der Waals surface area (Å²) in [5, 5.41) is 3.19. The lowest BCUT2D eigenvalue weighted by Gasteiger charge is -2.29. The Kier molecular flexibility index (Phi) is 1.54. The fraction of sp³-hybridized carbons (Fsp3) is 0.833. The first-order valence-corrected chi connectivity index (χ1v) is 2.91. The second-order valence-corrected chi connectivity index (χ2v) is 2.68. The van der Waals surface area contributed by atoms with Gasteiger partial charge in [-0.3, -0.25) is 0 Å². The van der Waals surface area contributed by atoms with Gasteiger partial charge < -0.3 is 10.1 Å². The summed E-state index contributed by atoms with van der Waals surface area (Å²) in [7, 11) is 0. The molecule has 1 heterocycles. The van der Waals surface area contributed by atoms with Crippen LogP contribution in [0.15, 0.2) is 0 Å². The Bertz CT molecular complexity index is 72.6. The summed E-state index contributed by atoms with van der Waals surface area (Å²) >= 11 is 0. The van der Waals surface area contributed by atoms with E-state index in [0.717, 1.165) is 13.1 Å². The Morgan fingerprint density at radius 1 is 1.62 bits per heavy atom. The standard InChI is InChI=1S/C6H12NO/c1-6(2)5-7-3-4-8-6/h4,7H,3,5H2,1-2H3. The van der Waals surface area contributed by atoms with Gasteiger partial charge in [0.1, 0.15) is 0 Å². The van der Waals surface area contributed by atoms with Gasteiger partial charge in [-0.25, -0.2) is 0 Å². The molecule has 1 radical (unpaired) electrons. The predicted octanol–water partition coefficient (Wildman–Crippen LogP) is 0.547. The van der Waals surface area contributed by atoms with Crippen molar-refractivity contribution in [3.8, 4) is 0 Å². The third-order valence-corrected chi connectivity index (χ3v) is 1.18. The van der Waals surface area contributed by atoms with Crippen molar-refractivity contribution in [3.63, 3.8) is 0 Å². The first kappa shape index (κ1) is 6.05. The van der Waals surface area contributed by atoms with E-state index in [-0.39, 0.29) is 5.60 Å². The van der Waals surface area contributed by atoms with Crippen molar-refractivity contribution in [1.29, 1.82) is 0 Å². The van der Waals surface area contributed by atoms with E-state index in [9.17, 15) is 0 Å². The van der Waals surface area contributed by atoms with Gasteiger partial charge in [-0.1, -0.05) is 0 Å². The lowest BCUT2D eigenvalue weighted by Crippen LogP contribution is -2.43. The minimum Gasteiger partial charge on any atom is -0.367 e. The summed E-state index contributed by atoms with van der Waals surface area (Å²) in [6.07, 6.45) is 0. The molecular formula is C6H12NO. The molecule has 1 fully saturated rings. The van der Waals surface area contributed by atoms with Gasteiger partial charge in [0.25, 0.3) is 0 Å². The number of morpholine rings is 1. The lowest BCUT2D eigenvalue weighted by molar-refractivity contribution is 0.00275. The average Bonchev–Trinajstić information content (AvgIpc) is 1.65. The van der Waals surface area contributed by atoms with Gasteiger partial charge >= 0.3 is 0 Å². The van der Waals surface area contributed by atoms with Crippen LogP contribution in [0, 0.1) is 6.61 Å². The molecule has 0 spiro atoms. The van der Waals surface area contributed by atoms with Crippen LogP contribution < -0.4 is 5.32 Å². The Morgan fingerprint density at radius 2 is 2.38 bits per heavy atom. The van der Waals surface area contributed by atoms with Gasteiger partial charge in [-0.15, -0.1) is 0 Å². The third-order valence-electron chi connectivity index (χ3n) is 1.18. The van der Waals surface area contributed by atoms with E-state index in [1.807, 2.05) is 6.61 Å². The van der Waals surface area contributed by atoms with Crippen molar-refractivity contribution in [2.75, 3.05) is 13.1 Å². The first-order chi connectivity index (χ1) is 3.71. The molecule has 0 aliphatic carbocycles. The van der Waals surface area contributed by atoms with Crippen LogP contribution in [0.2, 0.25) is 0 Å². The molecule has 1 aliphatic rings. The van der Waals surface area contributed by atoms with Crippen molar-refractivity contribution >= 4 is 0 Å². The minimum atomic E-state index is 0.0122. The third kappa shape index (κ3) is 1.46. The number of ether oxygens (including phenoxy) is 1. The maximum absolute atomic E-state index is 5.28. The largest absolute Gasteiger partial charge is 0.367 e. The molecule has 0 amide bonds. The zero-order valence-electron chi connectivity index (χ0n) is 5.40. The van der Waals surface area contributed by atoms with Gasteiger partial charge in [0.05, 0.1) is 12.2 Å². The number of rotatable bonds is 0. The molecule has 2 heteroatoms. The van der Waals surface area contributed by atoms with Crippen LogP contribution in [-0.4, -0.2) is 18.7 Å². The summed E-state index contributed by atoms with van der Waals surface area (Å²) in [5.74, 6) is 0. The highest BCUT2D eigenvalue weighted by Gasteiger charge is 2.20. The minimum absolute atomic E-state index is 0.0122. The van der Waals surface area contributed by atoms with Crippen molar-refractivity contribution in [2.45, 2.75) is 19.4 Å². The van der Waals surface area contributed by atoms with Gasteiger partial charge in [0.2, 0.25) is 0 Å². The Morgan fingerprint density at radius 3 is 2.62 bits per heavy atom. The van der Waals surface area contributed by atoms with Crippen LogP contribution in [-0.2, 0) is 4.74 Å². The molecule has 2 nitrogen and oxygen atoms in total. The number of nitrogens with one attached hydrogen (secondary N) is 1. The lowest BCUT2D eigenvalue weighted by atomic mass is 10.1. The number of hydrogen-bond donors (Lipinski definition) is 1. The maximum Gasteiger partial charge on any atom is 0.0981 e. The summed E-state index contributed by atoms with van der Waals surface area (Å²) < 4.78 is 5.28. The molecule has 1 N–H and O–H groups in total. The van der Waals surface area contributed by atoms with E-state index in [0.29, 0.717) is 0 Å². The Hall–Kier alpha value is -0.0800. The van der Waals surface area contributed by atoms with Crippen molar-refractivity contribution in [2.24, 2.45) is 0 Å². The topological polar surface area (TPSA) is 21.3 Å². The molecule has 0 aromatic rings. The van der Waals surface area contributed by atoms with Gasteiger partial charge in [0.15, 0.2) is 0 Å². The molecule has 0 unspecified atom stereocenters. The van der Waals surface area contributed by atoms with Gasteiger partial charge in [-0.2, -0.15) is 0 Å². The van der Waals surface area contributed by atoms with E-state index >= 15 is 0 Å². The monoisotopic (exact) mass is 114 g/mol. The molecule has 1 aliphatic heterocycles. The van der Waals surface area contributed by atoms with E-state index in [1.165, 1.54) is 0 Å². The maximum atomic E-state index is 5.28. The smallest absolute Gasteiger partial charge is 0.0981 e. The highest BCUT2D eigenvalue weighted by molar-refractivity contribution is 4.79. The SMILES string of the molecule is CC1(C)CNC[CH]O1. The zero-order chi connectivity index (χ0) is 6.04. The normalized spacial score (nSPS) is 27.8. The predicted molar refractivity (Wildman–Crippen MR) is 32.3 cm³/mol. The van der Waals surface area contributed by atoms with Crippen molar-refractivity contribution < 1.29 is 4.74 Å². The summed E-state index contributed by atoms with van der Waals surface area (Å²) in [6, 6.07) is 0. The summed E-state index contributed by atoms with van der Waals surface area (Å²) in [6.45, 7) is 7.77. The Labute approximate surface area is 50.2 Å². The molecule has 8 heavy (non-hydrogen) atoms. The van der Waals surface area contributed by atoms with E-state index in [2.05, 4.69) is 19.2 Å². The number of hydrogen-bond acceptors (Lipinski definition) is 2. The second-order valence-electron chi connectivity index (χ2n) is 2.68. The molecule has 0 aromatic carbocycles. The first-order valence-electron chi connectivity index (χ1n) is 2.91. The molecule has 0 atom stereocenters. The van der Waals surface area contributed by atoms with Crippen LogP contribution in [0.1, 0.15) is 13.8 Å². The molecule has 0 saturated carbocycles. The highest BCUT2D eigenvalue weighted by Crippen LogP contribution is 2.11. The van der Waals surface area contributed by atoms with Crippen molar-refractivity contribution in [3.05, 3.63) is 6.61 Å². The fourth-order valence-electron chi connectivity index (χ4n) is 0.741. The quantitative estimate of drug-likeness (QED) is 0.496. The van der Waals surface area contributed by atoms with Crippen LogP contribution in [0.5, 0.6) is 0 Å². The van der Waals surface area contributed by atoms with E-state index in [4.69, 9.17) is 4.74 Å². The summed E-state index contributed by atoms with van der Waals surface area (Å²) in [5.41, 5.74) is 0.0122. The second kappa shape index (κ2) is 2.03. The molecular weight excluding hydrogens is 102 g/mol. The zero-order valence-corrected chi connectivity index (χ0v) is 5.40. The van der Waals surface area contributed by atoms with Crippen LogP contribution in [0.4, 0.5) is 0 Å². The van der Waals surface area contributed by atoms with Gasteiger partial charge in [-0.05, 0) is 13.8 Å². The Balaban J connectivity index is 2.33. The van der Waals surface area contributed by atoms with Gasteiger partial charge in [0, 0.05) is 13.1 Å². The molecule has 0 bridgehead atoms. The van der Waals surface area contributed by atoms with E-state index < -0.39 is 0 Å². The van der Waals surface area contributed by atoms with E-state index in [1.54, 1.807) is 0 Å². The fourth-order valence-corrected chi connectivity index (χ4v) is 0.741. The van der Waals surface area contributed by atoms with Crippen molar-refractivity contribution in [1.82, 2.24) is 5.32 Å². The molecule has 1 saturated heterocycles. The highest BCUT2D eigenvalue weighted by atomic mass is 16.5. The molecule has 0 aromatic heterocycles. The average molecular weight is 114 g/mol. The van der Waals surface area contributed by atoms with Crippen LogP contribution in [0.25, 0.3) is 0 Å². The molecule has 1 rings (SSSR count).